The van der Waals surface area contributed by atoms with Crippen molar-refractivity contribution in [1.82, 2.24) is 20.5 Å². The van der Waals surface area contributed by atoms with Crippen molar-refractivity contribution in [1.29, 1.82) is 0 Å². The van der Waals surface area contributed by atoms with Gasteiger partial charge in [0, 0.05) is 53.4 Å². The van der Waals surface area contributed by atoms with Gasteiger partial charge in [-0.1, -0.05) is 19.3 Å². The number of nitrogens with one attached hydrogen (secondary N) is 3. The van der Waals surface area contributed by atoms with Crippen LogP contribution in [0.3, 0.4) is 0 Å². The van der Waals surface area contributed by atoms with E-state index in [4.69, 9.17) is 0 Å². The highest BCUT2D eigenvalue weighted by Gasteiger charge is 2.23. The van der Waals surface area contributed by atoms with Crippen LogP contribution in [0.1, 0.15) is 70.5 Å². The number of hydrogen-bond donors (Lipinski definition) is 3. The van der Waals surface area contributed by atoms with Gasteiger partial charge >= 0.3 is 0 Å². The molecular weight excluding hydrogens is 426 g/mol. The first-order valence-corrected chi connectivity index (χ1v) is 12.1. The number of rotatable bonds is 6. The maximum absolute atomic E-state index is 13.4. The van der Waals surface area contributed by atoms with E-state index in [0.717, 1.165) is 39.3 Å². The summed E-state index contributed by atoms with van der Waals surface area (Å²) >= 11 is 0. The Kier molecular flexibility index (Phi) is 6.91. The van der Waals surface area contributed by atoms with Crippen LogP contribution in [0, 0.1) is 27.7 Å². The Hall–Kier alpha value is -3.35. The molecule has 0 radical (unpaired) electrons. The Labute approximate surface area is 201 Å². The maximum Gasteiger partial charge on any atom is 0.253 e. The van der Waals surface area contributed by atoms with Crippen molar-refractivity contribution in [2.45, 2.75) is 72.4 Å². The Bertz CT molecular complexity index is 1250. The molecule has 0 bridgehead atoms. The molecule has 7 heteroatoms. The number of aromatic amines is 2. The summed E-state index contributed by atoms with van der Waals surface area (Å²) in [6, 6.07) is 6.51. The topological polar surface area (TPSA) is 93.9 Å². The summed E-state index contributed by atoms with van der Waals surface area (Å²) in [7, 11) is 2.14. The summed E-state index contributed by atoms with van der Waals surface area (Å²) < 4.78 is 0. The predicted octanol–water partition coefficient (Wildman–Crippen LogP) is 4.70. The molecule has 2 heterocycles. The standard InChI is InChI=1S/C27H35N5O2/c1-16-11-17(2)30-27(34)23(16)14-28-26(33)22-12-20(24-15-29-31-19(24)4)13-25(18(22)3)32(5)21-9-7-6-8-10-21/h11-13,15,21H,6-10,14H2,1-5H3,(H,28,33)(H,29,31)(H,30,34). The molecule has 34 heavy (non-hydrogen) atoms. The van der Waals surface area contributed by atoms with Crippen LogP contribution in [-0.2, 0) is 6.54 Å². The summed E-state index contributed by atoms with van der Waals surface area (Å²) in [5.74, 6) is -0.182. The SMILES string of the molecule is Cc1cc(C)c(CNC(=O)c2cc(-c3cn[nH]c3C)cc(N(C)C3CCCCC3)c2C)c(=O)[nH]1. The lowest BCUT2D eigenvalue weighted by molar-refractivity contribution is 0.0950. The first-order chi connectivity index (χ1) is 16.3. The molecule has 3 N–H and O–H groups in total. The van der Waals surface area contributed by atoms with Gasteiger partial charge in [0.1, 0.15) is 0 Å². The summed E-state index contributed by atoms with van der Waals surface area (Å²) in [4.78, 5) is 31.0. The smallest absolute Gasteiger partial charge is 0.253 e. The number of carbonyl (C=O) groups excluding carboxylic acids is 1. The van der Waals surface area contributed by atoms with E-state index in [2.05, 4.69) is 38.5 Å². The lowest BCUT2D eigenvalue weighted by atomic mass is 9.92. The molecule has 1 aliphatic carbocycles. The van der Waals surface area contributed by atoms with Gasteiger partial charge in [0.15, 0.2) is 0 Å². The van der Waals surface area contributed by atoms with Crippen LogP contribution in [0.5, 0.6) is 0 Å². The normalized spacial score (nSPS) is 14.3. The van der Waals surface area contributed by atoms with E-state index in [0.29, 0.717) is 17.2 Å². The highest BCUT2D eigenvalue weighted by atomic mass is 16.1. The molecule has 0 unspecified atom stereocenters. The van der Waals surface area contributed by atoms with Gasteiger partial charge in [-0.2, -0.15) is 5.10 Å². The highest BCUT2D eigenvalue weighted by molar-refractivity contribution is 5.99. The van der Waals surface area contributed by atoms with Crippen molar-refractivity contribution in [2.24, 2.45) is 0 Å². The van der Waals surface area contributed by atoms with Gasteiger partial charge in [0.25, 0.3) is 11.5 Å². The largest absolute Gasteiger partial charge is 0.371 e. The second-order valence-corrected chi connectivity index (χ2v) is 9.61. The number of anilines is 1. The summed E-state index contributed by atoms with van der Waals surface area (Å²) in [5, 5.41) is 10.2. The van der Waals surface area contributed by atoms with Gasteiger partial charge in [-0.15, -0.1) is 0 Å². The van der Waals surface area contributed by atoms with E-state index in [-0.39, 0.29) is 18.0 Å². The van der Waals surface area contributed by atoms with Crippen molar-refractivity contribution in [2.75, 3.05) is 11.9 Å². The third kappa shape index (κ3) is 4.79. The Balaban J connectivity index is 1.70. The molecule has 1 aliphatic rings. The molecule has 1 aromatic carbocycles. The van der Waals surface area contributed by atoms with E-state index < -0.39 is 0 Å². The van der Waals surface area contributed by atoms with Crippen LogP contribution < -0.4 is 15.8 Å². The third-order valence-corrected chi connectivity index (χ3v) is 7.19. The first kappa shape index (κ1) is 23.8. The molecule has 4 rings (SSSR count). The van der Waals surface area contributed by atoms with Gasteiger partial charge < -0.3 is 15.2 Å². The zero-order chi connectivity index (χ0) is 24.4. The molecule has 1 fully saturated rings. The van der Waals surface area contributed by atoms with Gasteiger partial charge in [-0.05, 0) is 75.4 Å². The zero-order valence-electron chi connectivity index (χ0n) is 20.8. The lowest BCUT2D eigenvalue weighted by Crippen LogP contribution is -2.34. The number of aryl methyl sites for hydroxylation is 3. The molecular formula is C27H35N5O2. The van der Waals surface area contributed by atoms with E-state index in [1.165, 1.54) is 32.1 Å². The number of hydrogen-bond acceptors (Lipinski definition) is 4. The van der Waals surface area contributed by atoms with Crippen LogP contribution in [0.25, 0.3) is 11.1 Å². The van der Waals surface area contributed by atoms with Crippen molar-refractivity contribution in [3.63, 3.8) is 0 Å². The van der Waals surface area contributed by atoms with Crippen molar-refractivity contribution >= 4 is 11.6 Å². The van der Waals surface area contributed by atoms with Gasteiger partial charge in [-0.25, -0.2) is 0 Å². The van der Waals surface area contributed by atoms with Crippen molar-refractivity contribution < 1.29 is 4.79 Å². The number of benzene rings is 1. The molecule has 0 aliphatic heterocycles. The quantitative estimate of drug-likeness (QED) is 0.496. The average Bonchev–Trinajstić information content (AvgIpc) is 3.24. The second kappa shape index (κ2) is 9.87. The summed E-state index contributed by atoms with van der Waals surface area (Å²) in [6.45, 7) is 7.93. The first-order valence-electron chi connectivity index (χ1n) is 12.1. The van der Waals surface area contributed by atoms with E-state index in [1.54, 1.807) is 6.20 Å². The minimum absolute atomic E-state index is 0.157. The molecule has 3 aromatic rings. The van der Waals surface area contributed by atoms with Crippen LogP contribution in [0.4, 0.5) is 5.69 Å². The number of pyridine rings is 1. The fraction of sp³-hybridized carbons (Fsp3) is 0.444. The highest BCUT2D eigenvalue weighted by Crippen LogP contribution is 2.34. The van der Waals surface area contributed by atoms with Gasteiger partial charge in [0.05, 0.1) is 6.20 Å². The fourth-order valence-electron chi connectivity index (χ4n) is 5.13. The molecule has 0 spiro atoms. The monoisotopic (exact) mass is 461 g/mol. The Morgan fingerprint density at radius 2 is 1.85 bits per heavy atom. The number of nitrogens with zero attached hydrogens (tertiary/aromatic N) is 2. The minimum Gasteiger partial charge on any atom is -0.371 e. The summed E-state index contributed by atoms with van der Waals surface area (Å²) in [6.07, 6.45) is 7.92. The molecule has 0 saturated heterocycles. The maximum atomic E-state index is 13.4. The lowest BCUT2D eigenvalue weighted by Gasteiger charge is -2.34. The number of aromatic nitrogens is 3. The van der Waals surface area contributed by atoms with Crippen molar-refractivity contribution in [3.05, 3.63) is 68.4 Å². The van der Waals surface area contributed by atoms with E-state index in [1.807, 2.05) is 39.8 Å². The Morgan fingerprint density at radius 3 is 2.50 bits per heavy atom. The Morgan fingerprint density at radius 1 is 1.12 bits per heavy atom. The molecule has 0 atom stereocenters. The fourth-order valence-corrected chi connectivity index (χ4v) is 5.13. The van der Waals surface area contributed by atoms with Crippen molar-refractivity contribution in [3.8, 4) is 11.1 Å². The number of carbonyl (C=O) groups is 1. The third-order valence-electron chi connectivity index (χ3n) is 7.19. The molecule has 7 nitrogen and oxygen atoms in total. The number of H-pyrrole nitrogens is 2. The molecule has 2 aromatic heterocycles. The second-order valence-electron chi connectivity index (χ2n) is 9.61. The number of amides is 1. The van der Waals surface area contributed by atoms with E-state index in [9.17, 15) is 9.59 Å². The molecule has 180 valence electrons. The van der Waals surface area contributed by atoms with Crippen LogP contribution >= 0.6 is 0 Å². The molecule has 1 amide bonds. The van der Waals surface area contributed by atoms with Crippen LogP contribution in [0.15, 0.2) is 29.2 Å². The van der Waals surface area contributed by atoms with Gasteiger partial charge in [0.2, 0.25) is 0 Å². The van der Waals surface area contributed by atoms with Crippen LogP contribution in [0.2, 0.25) is 0 Å². The summed E-state index contributed by atoms with van der Waals surface area (Å²) in [5.41, 5.74) is 7.66. The minimum atomic E-state index is -0.182. The van der Waals surface area contributed by atoms with Gasteiger partial charge in [-0.3, -0.25) is 14.7 Å². The zero-order valence-corrected chi connectivity index (χ0v) is 20.8. The van der Waals surface area contributed by atoms with E-state index >= 15 is 0 Å². The predicted molar refractivity (Wildman–Crippen MR) is 136 cm³/mol. The van der Waals surface area contributed by atoms with Crippen LogP contribution in [-0.4, -0.2) is 34.2 Å². The molecule has 1 saturated carbocycles. The average molecular weight is 462 g/mol.